The third kappa shape index (κ3) is 36.9. The van der Waals surface area contributed by atoms with Gasteiger partial charge in [0.1, 0.15) is 6.10 Å². The molecule has 0 fully saturated rings. The molecule has 0 saturated carbocycles. The Hall–Kier alpha value is -1.39. The number of unbranched alkanes of at least 4 members (excludes halogenated alkanes) is 22. The van der Waals surface area contributed by atoms with E-state index >= 15 is 0 Å². The summed E-state index contributed by atoms with van der Waals surface area (Å²) in [6.07, 6.45) is 47.7. The second kappa shape index (κ2) is 38.8. The Morgan fingerprint density at radius 3 is 1.47 bits per heavy atom. The highest BCUT2D eigenvalue weighted by Gasteiger charge is 2.13. The van der Waals surface area contributed by atoms with E-state index in [4.69, 9.17) is 9.47 Å². The summed E-state index contributed by atoms with van der Waals surface area (Å²) in [5.74, 6) is -0.213. The van der Waals surface area contributed by atoms with Crippen LogP contribution in [-0.4, -0.2) is 37.0 Å². The Morgan fingerprint density at radius 2 is 0.956 bits per heavy atom. The van der Waals surface area contributed by atoms with E-state index in [9.17, 15) is 9.90 Å². The van der Waals surface area contributed by atoms with Crippen molar-refractivity contribution in [2.45, 2.75) is 200 Å². The molecule has 0 bridgehead atoms. The van der Waals surface area contributed by atoms with Crippen molar-refractivity contribution in [1.29, 1.82) is 0 Å². The summed E-state index contributed by atoms with van der Waals surface area (Å²) in [4.78, 5) is 12.1. The summed E-state index contributed by atoms with van der Waals surface area (Å²) in [5.41, 5.74) is 0. The van der Waals surface area contributed by atoms with Crippen molar-refractivity contribution in [3.8, 4) is 0 Å². The van der Waals surface area contributed by atoms with Gasteiger partial charge in [-0.15, -0.1) is 0 Å². The number of hydrogen-bond donors (Lipinski definition) is 1. The molecule has 0 spiro atoms. The van der Waals surface area contributed by atoms with Gasteiger partial charge in [0, 0.05) is 13.0 Å². The molecule has 264 valence electrons. The Morgan fingerprint density at radius 1 is 0.533 bits per heavy atom. The van der Waals surface area contributed by atoms with Crippen molar-refractivity contribution >= 4 is 5.97 Å². The number of hydrogen-bond acceptors (Lipinski definition) is 4. The lowest BCUT2D eigenvalue weighted by Gasteiger charge is -2.15. The summed E-state index contributed by atoms with van der Waals surface area (Å²) in [5, 5.41) is 9.55. The minimum atomic E-state index is -0.537. The predicted molar refractivity (Wildman–Crippen MR) is 196 cm³/mol. The second-order valence-electron chi connectivity index (χ2n) is 13.0. The van der Waals surface area contributed by atoms with Gasteiger partial charge in [-0.2, -0.15) is 0 Å². The first kappa shape index (κ1) is 43.6. The second-order valence-corrected chi connectivity index (χ2v) is 13.0. The molecular weight excluding hydrogens is 556 g/mol. The quantitative estimate of drug-likeness (QED) is 0.0424. The van der Waals surface area contributed by atoms with Crippen molar-refractivity contribution in [2.75, 3.05) is 19.8 Å². The maximum absolute atomic E-state index is 12.1. The Bertz CT molecular complexity index is 668. The van der Waals surface area contributed by atoms with E-state index < -0.39 is 6.10 Å². The third-order valence-electron chi connectivity index (χ3n) is 8.44. The van der Waals surface area contributed by atoms with Crippen molar-refractivity contribution < 1.29 is 19.4 Å². The molecule has 0 aliphatic carbocycles. The van der Waals surface area contributed by atoms with Crippen LogP contribution in [0.3, 0.4) is 0 Å². The van der Waals surface area contributed by atoms with Gasteiger partial charge in [-0.3, -0.25) is 4.79 Å². The van der Waals surface area contributed by atoms with Crippen molar-refractivity contribution in [2.24, 2.45) is 0 Å². The average molecular weight is 633 g/mol. The van der Waals surface area contributed by atoms with Gasteiger partial charge in [-0.1, -0.05) is 159 Å². The van der Waals surface area contributed by atoms with Gasteiger partial charge in [0.05, 0.1) is 13.2 Å². The molecule has 4 heteroatoms. The zero-order chi connectivity index (χ0) is 32.7. The molecule has 0 aromatic heterocycles. The van der Waals surface area contributed by atoms with Crippen LogP contribution >= 0.6 is 0 Å². The maximum atomic E-state index is 12.1. The maximum Gasteiger partial charge on any atom is 0.306 e. The normalized spacial score (nSPS) is 12.7. The molecule has 0 aromatic carbocycles. The van der Waals surface area contributed by atoms with Crippen LogP contribution < -0.4 is 0 Å². The highest BCUT2D eigenvalue weighted by molar-refractivity contribution is 5.69. The van der Waals surface area contributed by atoms with Crippen molar-refractivity contribution in [1.82, 2.24) is 0 Å². The molecule has 0 aliphatic heterocycles. The standard InChI is InChI=1S/C41H76O4/c1-3-5-7-9-11-13-15-16-17-18-19-20-21-22-23-24-25-27-29-31-33-35-37-44-39-40(38-42)45-41(43)36-34-32-30-28-26-14-12-10-8-6-4-2/h10,12,15-16,18-19,40,42H,3-9,11,13-14,17,20-39H2,1-2H3/b12-10-,16-15-,19-18-. The minimum Gasteiger partial charge on any atom is -0.457 e. The topological polar surface area (TPSA) is 55.8 Å². The molecule has 0 radical (unpaired) electrons. The zero-order valence-corrected chi connectivity index (χ0v) is 30.1. The smallest absolute Gasteiger partial charge is 0.306 e. The summed E-state index contributed by atoms with van der Waals surface area (Å²) < 4.78 is 11.1. The number of esters is 1. The van der Waals surface area contributed by atoms with Crippen LogP contribution in [0, 0.1) is 0 Å². The van der Waals surface area contributed by atoms with Gasteiger partial charge in [0.2, 0.25) is 0 Å². The monoisotopic (exact) mass is 633 g/mol. The highest BCUT2D eigenvalue weighted by Crippen LogP contribution is 2.13. The first-order chi connectivity index (χ1) is 22.2. The van der Waals surface area contributed by atoms with Crippen LogP contribution in [0.2, 0.25) is 0 Å². The minimum absolute atomic E-state index is 0.175. The molecule has 0 aliphatic rings. The molecule has 1 atom stereocenters. The number of carbonyl (C=O) groups excluding carboxylic acids is 1. The summed E-state index contributed by atoms with van der Waals surface area (Å²) >= 11 is 0. The first-order valence-corrected chi connectivity index (χ1v) is 19.6. The Labute approximate surface area is 280 Å². The van der Waals surface area contributed by atoms with E-state index in [1.165, 1.54) is 148 Å². The van der Waals surface area contributed by atoms with Crippen LogP contribution in [-0.2, 0) is 14.3 Å². The summed E-state index contributed by atoms with van der Waals surface area (Å²) in [6, 6.07) is 0. The number of aliphatic hydroxyl groups excluding tert-OH is 1. The van der Waals surface area contributed by atoms with Gasteiger partial charge in [-0.05, 0) is 64.2 Å². The summed E-state index contributed by atoms with van der Waals surface area (Å²) in [7, 11) is 0. The molecule has 1 N–H and O–H groups in total. The molecule has 0 aromatic rings. The molecule has 45 heavy (non-hydrogen) atoms. The predicted octanol–water partition coefficient (Wildman–Crippen LogP) is 12.5. The van der Waals surface area contributed by atoms with Gasteiger partial charge >= 0.3 is 5.97 Å². The van der Waals surface area contributed by atoms with Crippen molar-refractivity contribution in [3.05, 3.63) is 36.5 Å². The van der Waals surface area contributed by atoms with Crippen LogP contribution in [0.4, 0.5) is 0 Å². The SMILES string of the molecule is CCCC/C=C\CCCCCCCC(=O)OC(CO)COCCCCCCCCCCCC/C=C\C/C=C\CCCCCCC. The number of ether oxygens (including phenoxy) is 2. The molecule has 0 saturated heterocycles. The van der Waals surface area contributed by atoms with Crippen LogP contribution in [0.15, 0.2) is 36.5 Å². The van der Waals surface area contributed by atoms with E-state index in [1.54, 1.807) is 0 Å². The number of aliphatic hydroxyl groups is 1. The fraction of sp³-hybridized carbons (Fsp3) is 0.829. The number of carbonyl (C=O) groups is 1. The van der Waals surface area contributed by atoms with Gasteiger partial charge in [-0.25, -0.2) is 0 Å². The fourth-order valence-corrected chi connectivity index (χ4v) is 5.46. The molecule has 0 amide bonds. The largest absolute Gasteiger partial charge is 0.457 e. The number of rotatable bonds is 36. The Balaban J connectivity index is 3.41. The van der Waals surface area contributed by atoms with Gasteiger partial charge < -0.3 is 14.6 Å². The number of allylic oxidation sites excluding steroid dienone is 6. The lowest BCUT2D eigenvalue weighted by atomic mass is 10.1. The van der Waals surface area contributed by atoms with Crippen molar-refractivity contribution in [3.63, 3.8) is 0 Å². The Kier molecular flexibility index (Phi) is 37.6. The zero-order valence-electron chi connectivity index (χ0n) is 30.1. The summed E-state index contributed by atoms with van der Waals surface area (Å²) in [6.45, 7) is 5.29. The van der Waals surface area contributed by atoms with Gasteiger partial charge in [0.25, 0.3) is 0 Å². The van der Waals surface area contributed by atoms with Gasteiger partial charge in [0.15, 0.2) is 0 Å². The van der Waals surface area contributed by atoms with Crippen LogP contribution in [0.25, 0.3) is 0 Å². The van der Waals surface area contributed by atoms with E-state index in [0.717, 1.165) is 25.7 Å². The van der Waals surface area contributed by atoms with Crippen LogP contribution in [0.5, 0.6) is 0 Å². The highest BCUT2D eigenvalue weighted by atomic mass is 16.6. The third-order valence-corrected chi connectivity index (χ3v) is 8.44. The first-order valence-electron chi connectivity index (χ1n) is 19.6. The van der Waals surface area contributed by atoms with E-state index in [2.05, 4.69) is 50.3 Å². The lowest BCUT2D eigenvalue weighted by molar-refractivity contribution is -0.154. The fourth-order valence-electron chi connectivity index (χ4n) is 5.46. The van der Waals surface area contributed by atoms with E-state index in [1.807, 2.05) is 0 Å². The molecule has 0 heterocycles. The van der Waals surface area contributed by atoms with E-state index in [-0.39, 0.29) is 12.6 Å². The lowest BCUT2D eigenvalue weighted by Crippen LogP contribution is -2.27. The van der Waals surface area contributed by atoms with Crippen LogP contribution in [0.1, 0.15) is 194 Å². The molecule has 1 unspecified atom stereocenters. The molecular formula is C41H76O4. The van der Waals surface area contributed by atoms with E-state index in [0.29, 0.717) is 19.6 Å². The average Bonchev–Trinajstić information content (AvgIpc) is 3.05. The molecule has 0 rings (SSSR count). The molecule has 4 nitrogen and oxygen atoms in total.